The van der Waals surface area contributed by atoms with E-state index in [0.717, 1.165) is 55.2 Å². The van der Waals surface area contributed by atoms with Crippen molar-refractivity contribution in [3.05, 3.63) is 65.2 Å². The van der Waals surface area contributed by atoms with E-state index in [-0.39, 0.29) is 48.9 Å². The number of nitrogens with one attached hydrogen (secondary N) is 1. The number of likely N-dealkylation sites (tertiary alicyclic amines) is 1. The molecule has 1 saturated heterocycles. The van der Waals surface area contributed by atoms with E-state index < -0.39 is 15.9 Å². The Kier molecular flexibility index (Phi) is 12.2. The maximum absolute atomic E-state index is 12.6. The molecule has 0 aromatic heterocycles. The van der Waals surface area contributed by atoms with Crippen molar-refractivity contribution in [3.8, 4) is 5.75 Å². The predicted molar refractivity (Wildman–Crippen MR) is 168 cm³/mol. The summed E-state index contributed by atoms with van der Waals surface area (Å²) >= 11 is 1.77. The second kappa shape index (κ2) is 14.6. The normalized spacial score (nSPS) is 15.6. The molecule has 2 aliphatic rings. The van der Waals surface area contributed by atoms with Crippen LogP contribution in [0.4, 0.5) is 5.69 Å². The Hall–Kier alpha value is -2.93. The third kappa shape index (κ3) is 8.53. The van der Waals surface area contributed by atoms with Crippen molar-refractivity contribution in [2.75, 3.05) is 42.5 Å². The Labute approximate surface area is 251 Å². The number of primary amides is 1. The number of amides is 1. The van der Waals surface area contributed by atoms with Crippen molar-refractivity contribution in [2.45, 2.75) is 18.9 Å². The number of benzene rings is 2. The van der Waals surface area contributed by atoms with Gasteiger partial charge in [-0.3, -0.25) is 19.5 Å². The average Bonchev–Trinajstić information content (AvgIpc) is 3.42. The van der Waals surface area contributed by atoms with Crippen LogP contribution in [0, 0.1) is 5.41 Å². The fraction of sp³-hybridized carbons (Fsp3) is 0.346. The van der Waals surface area contributed by atoms with Gasteiger partial charge in [0.25, 0.3) is 5.91 Å². The monoisotopic (exact) mass is 628 g/mol. The number of aliphatic imine (C=N–C) groups is 1. The number of carbonyl (C=O) groups excluding carboxylic acids is 1. The van der Waals surface area contributed by atoms with E-state index in [9.17, 15) is 13.2 Å². The molecule has 4 rings (SSSR count). The predicted octanol–water partition coefficient (Wildman–Crippen LogP) is 3.34. The molecule has 0 bridgehead atoms. The van der Waals surface area contributed by atoms with Gasteiger partial charge in [0.1, 0.15) is 17.7 Å². The fourth-order valence-electron chi connectivity index (χ4n) is 4.35. The Bertz CT molecular complexity index is 1380. The molecule has 0 saturated carbocycles. The van der Waals surface area contributed by atoms with Gasteiger partial charge in [-0.2, -0.15) is 0 Å². The number of rotatable bonds is 9. The number of nitrogens with zero attached hydrogens (tertiary/aromatic N) is 3. The molecule has 2 aromatic carbocycles. The van der Waals surface area contributed by atoms with Crippen LogP contribution in [0.5, 0.6) is 5.75 Å². The number of thioether (sulfide) groups is 1. The third-order valence-corrected chi connectivity index (χ3v) is 8.46. The smallest absolute Gasteiger partial charge is 0.252 e. The lowest BCUT2D eigenvalue weighted by Gasteiger charge is -2.33. The lowest BCUT2D eigenvalue weighted by molar-refractivity contribution is 0.0983. The molecule has 14 heteroatoms. The zero-order valence-electron chi connectivity index (χ0n) is 22.0. The average molecular weight is 630 g/mol. The highest BCUT2D eigenvalue weighted by atomic mass is 35.5. The van der Waals surface area contributed by atoms with Crippen molar-refractivity contribution in [1.29, 1.82) is 5.41 Å². The Morgan fingerprint density at radius 2 is 1.93 bits per heavy atom. The molecule has 0 aliphatic carbocycles. The number of anilines is 1. The minimum Gasteiger partial charge on any atom is -0.489 e. The number of piperidine rings is 1. The number of carbonyl (C=O) groups is 1. The van der Waals surface area contributed by atoms with Crippen molar-refractivity contribution in [3.63, 3.8) is 0 Å². The number of halogens is 2. The summed E-state index contributed by atoms with van der Waals surface area (Å²) in [5, 5.41) is 8.67. The summed E-state index contributed by atoms with van der Waals surface area (Å²) in [6.07, 6.45) is 6.03. The fourth-order valence-corrected chi connectivity index (χ4v) is 6.12. The molecular formula is C26H34Cl2N6O4S2. The zero-order valence-corrected chi connectivity index (χ0v) is 25.3. The van der Waals surface area contributed by atoms with Gasteiger partial charge in [-0.15, -0.1) is 24.8 Å². The van der Waals surface area contributed by atoms with Crippen molar-refractivity contribution in [1.82, 2.24) is 4.90 Å². The maximum Gasteiger partial charge on any atom is 0.252 e. The molecule has 1 fully saturated rings. The molecule has 5 N–H and O–H groups in total. The molecule has 218 valence electrons. The Morgan fingerprint density at radius 3 is 2.52 bits per heavy atom. The highest BCUT2D eigenvalue weighted by Crippen LogP contribution is 2.29. The van der Waals surface area contributed by atoms with Gasteiger partial charge in [-0.1, -0.05) is 42.1 Å². The van der Waals surface area contributed by atoms with E-state index in [1.54, 1.807) is 54.2 Å². The molecule has 0 radical (unpaired) electrons. The topological polar surface area (TPSA) is 155 Å². The van der Waals surface area contributed by atoms with Crippen LogP contribution in [0.3, 0.4) is 0 Å². The summed E-state index contributed by atoms with van der Waals surface area (Å²) < 4.78 is 32.6. The van der Waals surface area contributed by atoms with E-state index in [1.807, 2.05) is 6.07 Å². The molecule has 2 heterocycles. The molecule has 0 unspecified atom stereocenters. The van der Waals surface area contributed by atoms with E-state index >= 15 is 0 Å². The first kappa shape index (κ1) is 33.3. The number of nitrogen functional groups attached to an aromatic ring is 1. The molecule has 2 aliphatic heterocycles. The van der Waals surface area contributed by atoms with Crippen molar-refractivity contribution >= 4 is 75.3 Å². The molecule has 40 heavy (non-hydrogen) atoms. The standard InChI is InChI=1S/C26H32N6O4S2.2ClH/c1-38(34,35)32(12-3-5-18-4-2-6-19(16-18)24(27)28)20-7-8-23(22(17-20)25(29)33)36-21-9-13-31(14-10-21)26-30-11-15-37-26;;/h2-8,16-17,21H,9-15H2,1H3,(H3,27,28)(H2,29,33);2*1H/b5-3+;;. The van der Waals surface area contributed by atoms with Crippen LogP contribution in [0.2, 0.25) is 0 Å². The van der Waals surface area contributed by atoms with Gasteiger partial charge in [0.15, 0.2) is 5.17 Å². The molecular weight excluding hydrogens is 595 g/mol. The Morgan fingerprint density at radius 1 is 1.20 bits per heavy atom. The minimum atomic E-state index is -3.67. The zero-order chi connectivity index (χ0) is 27.3. The molecule has 1 amide bonds. The highest BCUT2D eigenvalue weighted by Gasteiger charge is 2.26. The first-order chi connectivity index (χ1) is 18.1. The van der Waals surface area contributed by atoms with Crippen LogP contribution in [0.1, 0.15) is 34.3 Å². The van der Waals surface area contributed by atoms with E-state index in [2.05, 4.69) is 9.89 Å². The van der Waals surface area contributed by atoms with Crippen LogP contribution < -0.4 is 20.5 Å². The van der Waals surface area contributed by atoms with Crippen molar-refractivity contribution < 1.29 is 17.9 Å². The first-order valence-corrected chi connectivity index (χ1v) is 15.1. The second-order valence-electron chi connectivity index (χ2n) is 9.10. The number of amidine groups is 2. The Balaban J connectivity index is 0.00000280. The van der Waals surface area contributed by atoms with Crippen LogP contribution in [0.25, 0.3) is 6.08 Å². The van der Waals surface area contributed by atoms with Gasteiger partial charge < -0.3 is 21.1 Å². The van der Waals surface area contributed by atoms with Crippen molar-refractivity contribution in [2.24, 2.45) is 16.5 Å². The van der Waals surface area contributed by atoms with Gasteiger partial charge in [0.05, 0.1) is 30.6 Å². The number of hydrogen-bond donors (Lipinski definition) is 3. The lowest BCUT2D eigenvalue weighted by Crippen LogP contribution is -2.40. The van der Waals surface area contributed by atoms with Crippen LogP contribution in [-0.4, -0.2) is 74.5 Å². The largest absolute Gasteiger partial charge is 0.489 e. The SMILES string of the molecule is CS(=O)(=O)N(C/C=C/c1cccc(C(=N)N)c1)c1ccc(OC2CCN(C3=NCCS3)CC2)c(C(N)=O)c1.Cl.Cl. The van der Waals surface area contributed by atoms with Crippen LogP contribution >= 0.6 is 36.6 Å². The summed E-state index contributed by atoms with van der Waals surface area (Å²) in [5.74, 6) is 0.624. The van der Waals surface area contributed by atoms with Gasteiger partial charge in [-0.05, 0) is 29.8 Å². The quantitative estimate of drug-likeness (QED) is 0.284. The number of hydrogen-bond acceptors (Lipinski definition) is 8. The van der Waals surface area contributed by atoms with Gasteiger partial charge in [0, 0.05) is 37.2 Å². The number of nitrogens with two attached hydrogens (primary N) is 2. The van der Waals surface area contributed by atoms with Crippen LogP contribution in [-0.2, 0) is 10.0 Å². The number of sulfonamides is 1. The third-order valence-electron chi connectivity index (χ3n) is 6.27. The first-order valence-electron chi connectivity index (χ1n) is 12.2. The minimum absolute atomic E-state index is 0. The summed E-state index contributed by atoms with van der Waals surface area (Å²) in [4.78, 5) is 19.1. The van der Waals surface area contributed by atoms with Gasteiger partial charge in [-0.25, -0.2) is 8.42 Å². The molecule has 2 aromatic rings. The highest BCUT2D eigenvalue weighted by molar-refractivity contribution is 8.14. The summed E-state index contributed by atoms with van der Waals surface area (Å²) in [5.41, 5.74) is 13.0. The second-order valence-corrected chi connectivity index (χ2v) is 12.1. The summed E-state index contributed by atoms with van der Waals surface area (Å²) in [7, 11) is -3.67. The molecule has 0 spiro atoms. The summed E-state index contributed by atoms with van der Waals surface area (Å²) in [6.45, 7) is 2.54. The summed E-state index contributed by atoms with van der Waals surface area (Å²) in [6, 6.07) is 11.8. The van der Waals surface area contributed by atoms with Gasteiger partial charge >= 0.3 is 0 Å². The molecule has 10 nitrogen and oxygen atoms in total. The lowest BCUT2D eigenvalue weighted by atomic mass is 10.1. The van der Waals surface area contributed by atoms with E-state index in [1.165, 1.54) is 10.4 Å². The van der Waals surface area contributed by atoms with Crippen LogP contribution in [0.15, 0.2) is 53.5 Å². The van der Waals surface area contributed by atoms with E-state index in [4.69, 9.17) is 21.6 Å². The van der Waals surface area contributed by atoms with Gasteiger partial charge in [0.2, 0.25) is 10.0 Å². The molecule has 0 atom stereocenters. The number of ether oxygens (including phenoxy) is 1. The van der Waals surface area contributed by atoms with E-state index in [0.29, 0.717) is 17.0 Å². The maximum atomic E-state index is 12.6.